The molecule has 24 heavy (non-hydrogen) atoms. The van der Waals surface area contributed by atoms with Crippen LogP contribution in [-0.2, 0) is 0 Å². The fourth-order valence-corrected chi connectivity index (χ4v) is 2.64. The molecule has 0 radical (unpaired) electrons. The second-order valence-electron chi connectivity index (χ2n) is 5.59. The summed E-state index contributed by atoms with van der Waals surface area (Å²) in [4.78, 5) is 5.53. The van der Waals surface area contributed by atoms with Gasteiger partial charge in [0.1, 0.15) is 5.71 Å². The third kappa shape index (κ3) is 3.53. The molecule has 6 heteroatoms. The first-order valence-electron chi connectivity index (χ1n) is 8.14. The average molecular weight is 324 g/mol. The molecular formula is C18H22N5O+. The van der Waals surface area contributed by atoms with E-state index in [-0.39, 0.29) is 0 Å². The van der Waals surface area contributed by atoms with Gasteiger partial charge >= 0.3 is 5.82 Å². The van der Waals surface area contributed by atoms with Gasteiger partial charge in [-0.25, -0.2) is 4.99 Å². The van der Waals surface area contributed by atoms with Gasteiger partial charge in [0.15, 0.2) is 5.16 Å². The van der Waals surface area contributed by atoms with Crippen LogP contribution in [0.3, 0.4) is 0 Å². The second kappa shape index (κ2) is 7.12. The maximum atomic E-state index is 4.74. The number of nitrogens with one attached hydrogen (secondary N) is 2. The van der Waals surface area contributed by atoms with Crippen LogP contribution in [-0.4, -0.2) is 29.1 Å². The number of nitrogens with zero attached hydrogens (tertiary/aromatic N) is 3. The van der Waals surface area contributed by atoms with Crippen molar-refractivity contribution in [1.29, 1.82) is 0 Å². The van der Waals surface area contributed by atoms with Gasteiger partial charge in [-0.05, 0) is 44.5 Å². The van der Waals surface area contributed by atoms with Crippen LogP contribution in [0.25, 0.3) is 6.08 Å². The van der Waals surface area contributed by atoms with Gasteiger partial charge in [0.05, 0.1) is 0 Å². The van der Waals surface area contributed by atoms with Crippen molar-refractivity contribution in [3.63, 3.8) is 0 Å². The van der Waals surface area contributed by atoms with E-state index in [1.165, 1.54) is 5.69 Å². The SMILES string of the molecule is CCN(CC)c1ccc(C=CC2=[NH+]c3nonc3NC(C)=C2)cc1. The Morgan fingerprint density at radius 2 is 1.88 bits per heavy atom. The number of anilines is 2. The smallest absolute Gasteiger partial charge is 0.372 e. The molecule has 0 unspecified atom stereocenters. The van der Waals surface area contributed by atoms with E-state index in [0.29, 0.717) is 11.6 Å². The highest BCUT2D eigenvalue weighted by Gasteiger charge is 2.20. The fraction of sp³-hybridized carbons (Fsp3) is 0.278. The van der Waals surface area contributed by atoms with Crippen molar-refractivity contribution >= 4 is 29.1 Å². The van der Waals surface area contributed by atoms with Crippen LogP contribution >= 0.6 is 0 Å². The summed E-state index contributed by atoms with van der Waals surface area (Å²) in [6, 6.07) is 8.55. The van der Waals surface area contributed by atoms with Gasteiger partial charge in [-0.15, -0.1) is 4.63 Å². The van der Waals surface area contributed by atoms with Gasteiger partial charge in [0.2, 0.25) is 0 Å². The molecule has 1 aromatic carbocycles. The molecule has 1 aromatic heterocycles. The largest absolute Gasteiger partial charge is 0.417 e. The van der Waals surface area contributed by atoms with Crippen molar-refractivity contribution in [3.8, 4) is 0 Å². The van der Waals surface area contributed by atoms with Gasteiger partial charge in [-0.2, -0.15) is 0 Å². The number of rotatable bonds is 5. The highest BCUT2D eigenvalue weighted by molar-refractivity contribution is 6.03. The number of benzene rings is 1. The Labute approximate surface area is 141 Å². The molecule has 2 aromatic rings. The zero-order valence-electron chi connectivity index (χ0n) is 14.2. The average Bonchev–Trinajstić information content (AvgIpc) is 2.95. The molecule has 1 aliphatic heterocycles. The minimum atomic E-state index is 0.583. The Bertz CT molecular complexity index is 782. The van der Waals surface area contributed by atoms with Crippen LogP contribution in [0.1, 0.15) is 26.3 Å². The monoisotopic (exact) mass is 324 g/mol. The van der Waals surface area contributed by atoms with Gasteiger partial charge in [0.25, 0.3) is 5.82 Å². The fourth-order valence-electron chi connectivity index (χ4n) is 2.64. The van der Waals surface area contributed by atoms with E-state index >= 15 is 0 Å². The molecule has 0 fully saturated rings. The van der Waals surface area contributed by atoms with Gasteiger partial charge < -0.3 is 10.2 Å². The standard InChI is InChI=1S/C18H21N5O/c1-4-23(5-2)16-10-7-14(8-11-16)6-9-15-12-13(3)19-17-18(20-15)22-24-21-17/h6-12H,4-5H2,1-3H3,(H,19,21)/p+1. The Balaban J connectivity index is 1.79. The molecule has 0 aliphatic carbocycles. The van der Waals surface area contributed by atoms with E-state index in [2.05, 4.69) is 69.7 Å². The predicted molar refractivity (Wildman–Crippen MR) is 96.3 cm³/mol. The first kappa shape index (κ1) is 16.0. The number of allylic oxidation sites excluding steroid dienone is 3. The maximum Gasteiger partial charge on any atom is 0.417 e. The molecule has 0 bridgehead atoms. The Kier molecular flexibility index (Phi) is 4.74. The van der Waals surface area contributed by atoms with Crippen molar-refractivity contribution in [1.82, 2.24) is 10.3 Å². The van der Waals surface area contributed by atoms with Gasteiger partial charge in [0, 0.05) is 35.7 Å². The highest BCUT2D eigenvalue weighted by Crippen LogP contribution is 2.16. The van der Waals surface area contributed by atoms with E-state index in [1.54, 1.807) is 0 Å². The van der Waals surface area contributed by atoms with E-state index in [0.717, 1.165) is 30.1 Å². The van der Waals surface area contributed by atoms with Crippen molar-refractivity contribution < 1.29 is 9.62 Å². The highest BCUT2D eigenvalue weighted by atomic mass is 16.6. The number of fused-ring (bicyclic) bond motifs is 1. The zero-order valence-corrected chi connectivity index (χ0v) is 14.2. The Morgan fingerprint density at radius 1 is 1.12 bits per heavy atom. The summed E-state index contributed by atoms with van der Waals surface area (Å²) in [5, 5.41) is 10.8. The first-order valence-corrected chi connectivity index (χ1v) is 8.14. The molecule has 124 valence electrons. The number of hydrogen-bond donors (Lipinski definition) is 2. The third-order valence-corrected chi connectivity index (χ3v) is 3.92. The summed E-state index contributed by atoms with van der Waals surface area (Å²) in [6.07, 6.45) is 6.09. The van der Waals surface area contributed by atoms with Gasteiger partial charge in [-0.1, -0.05) is 18.2 Å². The predicted octanol–water partition coefficient (Wildman–Crippen LogP) is 2.11. The molecule has 3 rings (SSSR count). The summed E-state index contributed by atoms with van der Waals surface area (Å²) < 4.78 is 4.74. The molecule has 0 saturated carbocycles. The Morgan fingerprint density at radius 3 is 2.58 bits per heavy atom. The zero-order chi connectivity index (χ0) is 16.9. The molecule has 2 heterocycles. The molecule has 6 nitrogen and oxygen atoms in total. The summed E-state index contributed by atoms with van der Waals surface area (Å²) in [6.45, 7) is 8.33. The first-order chi connectivity index (χ1) is 11.7. The maximum absolute atomic E-state index is 4.74. The lowest BCUT2D eigenvalue weighted by atomic mass is 10.1. The van der Waals surface area contributed by atoms with Crippen LogP contribution in [0, 0.1) is 0 Å². The number of aromatic nitrogens is 2. The van der Waals surface area contributed by atoms with Crippen molar-refractivity contribution in [2.45, 2.75) is 20.8 Å². The topological polar surface area (TPSA) is 68.2 Å². The Hall–Kier alpha value is -2.89. The van der Waals surface area contributed by atoms with Crippen molar-refractivity contribution in [2.75, 3.05) is 23.3 Å². The van der Waals surface area contributed by atoms with E-state index in [4.69, 9.17) is 4.63 Å². The summed E-state index contributed by atoms with van der Waals surface area (Å²) in [5.41, 5.74) is 4.27. The molecule has 2 N–H and O–H groups in total. The molecule has 0 atom stereocenters. The molecule has 0 amide bonds. The summed E-state index contributed by atoms with van der Waals surface area (Å²) in [5.74, 6) is 1.18. The quantitative estimate of drug-likeness (QED) is 0.882. The van der Waals surface area contributed by atoms with Gasteiger partial charge in [-0.3, -0.25) is 0 Å². The van der Waals surface area contributed by atoms with E-state index in [9.17, 15) is 0 Å². The minimum absolute atomic E-state index is 0.583. The minimum Gasteiger partial charge on any atom is -0.372 e. The molecule has 1 aliphatic rings. The lowest BCUT2D eigenvalue weighted by molar-refractivity contribution is -0.357. The molecule has 0 saturated heterocycles. The van der Waals surface area contributed by atoms with Crippen LogP contribution in [0.5, 0.6) is 0 Å². The van der Waals surface area contributed by atoms with Crippen LogP contribution in [0.4, 0.5) is 17.3 Å². The van der Waals surface area contributed by atoms with E-state index < -0.39 is 0 Å². The normalized spacial score (nSPS) is 13.8. The summed E-state index contributed by atoms with van der Waals surface area (Å²) >= 11 is 0. The summed E-state index contributed by atoms with van der Waals surface area (Å²) in [7, 11) is 0. The van der Waals surface area contributed by atoms with Crippen LogP contribution in [0.2, 0.25) is 0 Å². The lowest BCUT2D eigenvalue weighted by Crippen LogP contribution is -2.65. The third-order valence-electron chi connectivity index (χ3n) is 3.92. The lowest BCUT2D eigenvalue weighted by Gasteiger charge is -2.20. The van der Waals surface area contributed by atoms with Crippen LogP contribution < -0.4 is 15.2 Å². The molecular weight excluding hydrogens is 302 g/mol. The van der Waals surface area contributed by atoms with Crippen molar-refractivity contribution in [2.24, 2.45) is 0 Å². The molecule has 0 spiro atoms. The number of hydrogen-bond acceptors (Lipinski definition) is 5. The van der Waals surface area contributed by atoms with E-state index in [1.807, 2.05) is 19.1 Å². The van der Waals surface area contributed by atoms with Crippen molar-refractivity contribution in [3.05, 3.63) is 47.7 Å². The van der Waals surface area contributed by atoms with Crippen LogP contribution in [0.15, 0.2) is 46.7 Å². The second-order valence-corrected chi connectivity index (χ2v) is 5.59.